The molecule has 0 saturated heterocycles. The molecule has 8 aromatic rings. The summed E-state index contributed by atoms with van der Waals surface area (Å²) in [6.07, 6.45) is 9.83. The molecule has 1 aliphatic carbocycles. The van der Waals surface area contributed by atoms with Gasteiger partial charge < -0.3 is 14.4 Å². The molecular weight excluding hydrogens is 619 g/mol. The molecule has 0 spiro atoms. The van der Waals surface area contributed by atoms with Crippen molar-refractivity contribution in [3.63, 3.8) is 0 Å². The number of allylic oxidation sites excluding steroid dienone is 2. The lowest BCUT2D eigenvalue weighted by Gasteiger charge is -2.34. The van der Waals surface area contributed by atoms with E-state index in [1.54, 1.807) is 0 Å². The van der Waals surface area contributed by atoms with E-state index < -0.39 is 0 Å². The Hall–Kier alpha value is -6.58. The highest BCUT2D eigenvalue weighted by Crippen LogP contribution is 2.43. The third kappa shape index (κ3) is 5.79. The maximum atomic E-state index is 2.49. The molecule has 1 atom stereocenters. The summed E-state index contributed by atoms with van der Waals surface area (Å²) in [7, 11) is 0. The van der Waals surface area contributed by atoms with Crippen molar-refractivity contribution in [1.82, 2.24) is 4.57 Å². The Bertz CT molecular complexity index is 2460. The van der Waals surface area contributed by atoms with Crippen molar-refractivity contribution in [2.45, 2.75) is 12.5 Å². The van der Waals surface area contributed by atoms with Gasteiger partial charge in [0, 0.05) is 44.9 Å². The smallest absolute Gasteiger partial charge is 0.0559 e. The van der Waals surface area contributed by atoms with Gasteiger partial charge in [-0.25, -0.2) is 0 Å². The van der Waals surface area contributed by atoms with Crippen LogP contribution in [-0.4, -0.2) is 10.6 Å². The van der Waals surface area contributed by atoms with E-state index in [0.717, 1.165) is 46.1 Å². The van der Waals surface area contributed by atoms with E-state index in [2.05, 4.69) is 221 Å². The fraction of sp³-hybridized carbons (Fsp3) is 0.0417. The Morgan fingerprint density at radius 1 is 0.431 bits per heavy atom. The summed E-state index contributed by atoms with van der Waals surface area (Å²) in [4.78, 5) is 4.85. The van der Waals surface area contributed by atoms with E-state index in [1.807, 2.05) is 0 Å². The molecule has 0 aliphatic heterocycles. The van der Waals surface area contributed by atoms with Crippen LogP contribution in [0.25, 0.3) is 38.6 Å². The number of rotatable bonds is 8. The standard InChI is InChI=1S/C48H37N3/c1-6-18-38(19-7-1)49(39-20-8-2-9-21-39)43-32-37(33-44(35-43)50(40-22-10-3-11-23-40)41-24-12-4-13-25-41)36-30-31-48-46(34-36)45-28-16-17-29-47(45)51(48)42-26-14-5-15-27-42/h1-24,26-35,41H,25H2. The molecule has 7 aromatic carbocycles. The monoisotopic (exact) mass is 655 g/mol. The summed E-state index contributed by atoms with van der Waals surface area (Å²) in [5, 5.41) is 2.48. The van der Waals surface area contributed by atoms with E-state index in [-0.39, 0.29) is 6.04 Å². The van der Waals surface area contributed by atoms with E-state index in [9.17, 15) is 0 Å². The van der Waals surface area contributed by atoms with Crippen LogP contribution >= 0.6 is 0 Å². The maximum Gasteiger partial charge on any atom is 0.0559 e. The van der Waals surface area contributed by atoms with Crippen molar-refractivity contribution in [3.8, 4) is 16.8 Å². The molecule has 244 valence electrons. The lowest BCUT2D eigenvalue weighted by Crippen LogP contribution is -2.30. The molecule has 1 unspecified atom stereocenters. The van der Waals surface area contributed by atoms with E-state index >= 15 is 0 Å². The fourth-order valence-electron chi connectivity index (χ4n) is 7.52. The summed E-state index contributed by atoms with van der Waals surface area (Å²) < 4.78 is 2.38. The molecule has 3 nitrogen and oxygen atoms in total. The molecule has 1 heterocycles. The van der Waals surface area contributed by atoms with Gasteiger partial charge in [-0.15, -0.1) is 0 Å². The van der Waals surface area contributed by atoms with Crippen LogP contribution in [0.3, 0.4) is 0 Å². The molecule has 3 heteroatoms. The van der Waals surface area contributed by atoms with E-state index in [1.165, 1.54) is 27.4 Å². The zero-order chi connectivity index (χ0) is 34.0. The molecule has 51 heavy (non-hydrogen) atoms. The first-order valence-electron chi connectivity index (χ1n) is 17.6. The van der Waals surface area contributed by atoms with Gasteiger partial charge in [-0.3, -0.25) is 0 Å². The highest BCUT2D eigenvalue weighted by molar-refractivity contribution is 6.10. The first-order chi connectivity index (χ1) is 25.3. The molecule has 1 aliphatic rings. The van der Waals surface area contributed by atoms with Crippen LogP contribution in [0.1, 0.15) is 6.42 Å². The lowest BCUT2D eigenvalue weighted by atomic mass is 9.98. The van der Waals surface area contributed by atoms with Crippen LogP contribution in [0, 0.1) is 0 Å². The molecular formula is C48H37N3. The van der Waals surface area contributed by atoms with Crippen molar-refractivity contribution in [1.29, 1.82) is 0 Å². The van der Waals surface area contributed by atoms with Gasteiger partial charge in [-0.05, 0) is 102 Å². The van der Waals surface area contributed by atoms with Crippen LogP contribution in [0.4, 0.5) is 28.4 Å². The second-order valence-corrected chi connectivity index (χ2v) is 13.0. The van der Waals surface area contributed by atoms with Crippen molar-refractivity contribution in [2.75, 3.05) is 9.80 Å². The zero-order valence-corrected chi connectivity index (χ0v) is 28.3. The second kappa shape index (κ2) is 13.4. The van der Waals surface area contributed by atoms with Crippen LogP contribution < -0.4 is 9.80 Å². The largest absolute Gasteiger partial charge is 0.334 e. The number of aromatic nitrogens is 1. The fourth-order valence-corrected chi connectivity index (χ4v) is 7.52. The number of hydrogen-bond donors (Lipinski definition) is 0. The number of nitrogens with zero attached hydrogens (tertiary/aromatic N) is 3. The topological polar surface area (TPSA) is 11.4 Å². The van der Waals surface area contributed by atoms with Gasteiger partial charge in [-0.1, -0.05) is 121 Å². The Labute approximate surface area is 299 Å². The number of benzene rings is 7. The molecule has 0 fully saturated rings. The third-order valence-electron chi connectivity index (χ3n) is 9.81. The van der Waals surface area contributed by atoms with Crippen LogP contribution in [-0.2, 0) is 0 Å². The average Bonchev–Trinajstić information content (AvgIpc) is 3.54. The first-order valence-corrected chi connectivity index (χ1v) is 17.6. The van der Waals surface area contributed by atoms with Crippen molar-refractivity contribution < 1.29 is 0 Å². The Balaban J connectivity index is 1.29. The van der Waals surface area contributed by atoms with Crippen molar-refractivity contribution >= 4 is 50.2 Å². The highest BCUT2D eigenvalue weighted by atomic mass is 15.2. The predicted octanol–water partition coefficient (Wildman–Crippen LogP) is 12.9. The molecule has 9 rings (SSSR count). The number of hydrogen-bond acceptors (Lipinski definition) is 2. The van der Waals surface area contributed by atoms with Crippen molar-refractivity contribution in [2.24, 2.45) is 0 Å². The summed E-state index contributed by atoms with van der Waals surface area (Å²) in [6.45, 7) is 0. The Kier molecular flexibility index (Phi) is 7.99. The van der Waals surface area contributed by atoms with Gasteiger partial charge in [0.2, 0.25) is 0 Å². The summed E-state index contributed by atoms with van der Waals surface area (Å²) in [6, 6.07) is 65.8. The normalized spacial score (nSPS) is 13.8. The van der Waals surface area contributed by atoms with Crippen molar-refractivity contribution in [3.05, 3.63) is 206 Å². The van der Waals surface area contributed by atoms with Gasteiger partial charge in [0.15, 0.2) is 0 Å². The van der Waals surface area contributed by atoms with Gasteiger partial charge in [0.1, 0.15) is 0 Å². The number of fused-ring (bicyclic) bond motifs is 3. The third-order valence-corrected chi connectivity index (χ3v) is 9.81. The van der Waals surface area contributed by atoms with Gasteiger partial charge in [0.05, 0.1) is 17.1 Å². The minimum Gasteiger partial charge on any atom is -0.334 e. The Morgan fingerprint density at radius 2 is 1.02 bits per heavy atom. The van der Waals surface area contributed by atoms with E-state index in [4.69, 9.17) is 0 Å². The number of para-hydroxylation sites is 5. The molecule has 0 saturated carbocycles. The lowest BCUT2D eigenvalue weighted by molar-refractivity contribution is 0.785. The highest BCUT2D eigenvalue weighted by Gasteiger charge is 2.23. The van der Waals surface area contributed by atoms with Crippen LogP contribution in [0.5, 0.6) is 0 Å². The predicted molar refractivity (Wildman–Crippen MR) is 216 cm³/mol. The maximum absolute atomic E-state index is 2.49. The van der Waals surface area contributed by atoms with Crippen LogP contribution in [0.15, 0.2) is 206 Å². The summed E-state index contributed by atoms with van der Waals surface area (Å²) in [5.74, 6) is 0. The molecule has 1 aromatic heterocycles. The number of anilines is 5. The molecule has 0 radical (unpaired) electrons. The quantitative estimate of drug-likeness (QED) is 0.161. The first kappa shape index (κ1) is 30.5. The van der Waals surface area contributed by atoms with Crippen LogP contribution in [0.2, 0.25) is 0 Å². The second-order valence-electron chi connectivity index (χ2n) is 13.0. The zero-order valence-electron chi connectivity index (χ0n) is 28.3. The average molecular weight is 656 g/mol. The summed E-state index contributed by atoms with van der Waals surface area (Å²) in [5.41, 5.74) is 11.5. The molecule has 0 bridgehead atoms. The molecule has 0 amide bonds. The summed E-state index contributed by atoms with van der Waals surface area (Å²) >= 11 is 0. The van der Waals surface area contributed by atoms with Gasteiger partial charge >= 0.3 is 0 Å². The minimum atomic E-state index is 0.175. The SMILES string of the molecule is C1=CCC(N(c2ccccc2)c2cc(-c3ccc4c(c3)c3ccccc3n4-c3ccccc3)cc(N(c3ccccc3)c3ccccc3)c2)C=C1. The van der Waals surface area contributed by atoms with Gasteiger partial charge in [0.25, 0.3) is 0 Å². The minimum absolute atomic E-state index is 0.175. The van der Waals surface area contributed by atoms with E-state index in [0.29, 0.717) is 0 Å². The molecule has 0 N–H and O–H groups in total. The van der Waals surface area contributed by atoms with Gasteiger partial charge in [-0.2, -0.15) is 0 Å². The Morgan fingerprint density at radius 3 is 1.69 bits per heavy atom.